The van der Waals surface area contributed by atoms with Gasteiger partial charge in [0.05, 0.1) is 17.4 Å². The van der Waals surface area contributed by atoms with Gasteiger partial charge in [0.1, 0.15) is 11.4 Å². The summed E-state index contributed by atoms with van der Waals surface area (Å²) in [5, 5.41) is 16.8. The number of aryl methyl sites for hydroxylation is 2. The van der Waals surface area contributed by atoms with Gasteiger partial charge in [0.15, 0.2) is 11.4 Å². The molecule has 1 aliphatic carbocycles. The highest BCUT2D eigenvalue weighted by Gasteiger charge is 2.41. The molecular weight excluding hydrogens is 446 g/mol. The van der Waals surface area contributed by atoms with Gasteiger partial charge in [-0.15, -0.1) is 0 Å². The summed E-state index contributed by atoms with van der Waals surface area (Å²) in [6, 6.07) is 3.24. The van der Waals surface area contributed by atoms with Gasteiger partial charge in [0.25, 0.3) is 16.8 Å². The van der Waals surface area contributed by atoms with Crippen LogP contribution >= 0.6 is 0 Å². The number of carbonyl (C=O) groups is 1. The van der Waals surface area contributed by atoms with Crippen molar-refractivity contribution in [2.45, 2.75) is 52.5 Å². The second kappa shape index (κ2) is 9.13. The standard InChI is InChI=1S/C26H31N5O4/c1-14-12-15(2)17(28-13-14)24(26(3)9-6-7-10-26)30-19-18(22(33)23(19)34)29-16-8-11-27-20(21(16)32)25(35)31(4)5/h8,11-13,24,30,32H,6-7,9-10H2,1-5H3,(H,27,29)/t24-/m0/s1. The maximum absolute atomic E-state index is 12.7. The van der Waals surface area contributed by atoms with Crippen molar-refractivity contribution in [1.82, 2.24) is 14.9 Å². The Labute approximate surface area is 203 Å². The SMILES string of the molecule is Cc1cnc([C@H](Nc2c(Nc3ccnc(C(=O)N(C)C)c3O)c(=O)c2=O)C2(C)CCCC2)c(C)c1. The molecule has 3 aromatic rings. The largest absolute Gasteiger partial charge is 0.504 e. The summed E-state index contributed by atoms with van der Waals surface area (Å²) in [6.45, 7) is 6.17. The molecule has 184 valence electrons. The molecule has 4 rings (SSSR count). The van der Waals surface area contributed by atoms with Crippen molar-refractivity contribution in [3.63, 3.8) is 0 Å². The predicted octanol–water partition coefficient (Wildman–Crippen LogP) is 3.57. The van der Waals surface area contributed by atoms with Crippen LogP contribution in [0.3, 0.4) is 0 Å². The lowest BCUT2D eigenvalue weighted by Crippen LogP contribution is -2.40. The van der Waals surface area contributed by atoms with E-state index in [4.69, 9.17) is 4.98 Å². The monoisotopic (exact) mass is 477 g/mol. The van der Waals surface area contributed by atoms with Gasteiger partial charge in [-0.2, -0.15) is 0 Å². The van der Waals surface area contributed by atoms with Crippen LogP contribution in [0.15, 0.2) is 34.1 Å². The topological polar surface area (TPSA) is 125 Å². The number of hydrogen-bond donors (Lipinski definition) is 3. The van der Waals surface area contributed by atoms with Gasteiger partial charge < -0.3 is 20.6 Å². The van der Waals surface area contributed by atoms with E-state index in [0.29, 0.717) is 0 Å². The zero-order valence-electron chi connectivity index (χ0n) is 20.7. The van der Waals surface area contributed by atoms with Crippen LogP contribution in [0.2, 0.25) is 0 Å². The molecule has 1 aliphatic rings. The number of hydrogen-bond acceptors (Lipinski definition) is 8. The van der Waals surface area contributed by atoms with Gasteiger partial charge in [-0.3, -0.25) is 19.4 Å². The normalized spacial score (nSPS) is 15.7. The zero-order valence-corrected chi connectivity index (χ0v) is 20.7. The Kier molecular flexibility index (Phi) is 6.36. The molecule has 2 aromatic heterocycles. The van der Waals surface area contributed by atoms with Crippen molar-refractivity contribution in [2.75, 3.05) is 24.7 Å². The average Bonchev–Trinajstić information content (AvgIpc) is 3.26. The Balaban J connectivity index is 1.71. The Morgan fingerprint density at radius 1 is 1.11 bits per heavy atom. The number of nitrogens with one attached hydrogen (secondary N) is 2. The summed E-state index contributed by atoms with van der Waals surface area (Å²) < 4.78 is 0. The average molecular weight is 478 g/mol. The minimum atomic E-state index is -0.687. The number of amides is 1. The molecule has 9 heteroatoms. The zero-order chi connectivity index (χ0) is 25.5. The molecule has 1 fully saturated rings. The molecule has 1 aromatic carbocycles. The van der Waals surface area contributed by atoms with Crippen LogP contribution < -0.4 is 21.5 Å². The van der Waals surface area contributed by atoms with Gasteiger partial charge in [-0.25, -0.2) is 4.98 Å². The molecule has 0 unspecified atom stereocenters. The molecular formula is C26H31N5O4. The number of anilines is 3. The summed E-state index contributed by atoms with van der Waals surface area (Å²) in [7, 11) is 3.10. The number of nitrogens with zero attached hydrogens (tertiary/aromatic N) is 3. The lowest BCUT2D eigenvalue weighted by molar-refractivity contribution is 0.0819. The van der Waals surface area contributed by atoms with Gasteiger partial charge in [-0.1, -0.05) is 25.8 Å². The van der Waals surface area contributed by atoms with E-state index in [1.807, 2.05) is 20.0 Å². The Morgan fingerprint density at radius 2 is 1.77 bits per heavy atom. The fourth-order valence-electron chi connectivity index (χ4n) is 4.92. The maximum Gasteiger partial charge on any atom is 0.275 e. The molecule has 1 amide bonds. The van der Waals surface area contributed by atoms with Crippen LogP contribution in [0.4, 0.5) is 17.1 Å². The molecule has 0 spiro atoms. The van der Waals surface area contributed by atoms with Crippen molar-refractivity contribution in [2.24, 2.45) is 5.41 Å². The van der Waals surface area contributed by atoms with Gasteiger partial charge >= 0.3 is 0 Å². The molecule has 0 aliphatic heterocycles. The first-order chi connectivity index (χ1) is 16.5. The maximum atomic E-state index is 12.7. The predicted molar refractivity (Wildman–Crippen MR) is 135 cm³/mol. The van der Waals surface area contributed by atoms with Gasteiger partial charge in [0, 0.05) is 26.5 Å². The Bertz CT molecular complexity index is 1350. The highest BCUT2D eigenvalue weighted by molar-refractivity contribution is 5.97. The third kappa shape index (κ3) is 4.38. The van der Waals surface area contributed by atoms with E-state index in [-0.39, 0.29) is 40.0 Å². The second-order valence-electron chi connectivity index (χ2n) is 9.94. The minimum absolute atomic E-state index is 0.0520. The fourth-order valence-corrected chi connectivity index (χ4v) is 4.92. The fraction of sp³-hybridized carbons (Fsp3) is 0.423. The number of rotatable bonds is 7. The van der Waals surface area contributed by atoms with E-state index in [1.54, 1.807) is 14.1 Å². The van der Waals surface area contributed by atoms with E-state index in [0.717, 1.165) is 42.5 Å². The van der Waals surface area contributed by atoms with E-state index in [9.17, 15) is 19.5 Å². The lowest BCUT2D eigenvalue weighted by atomic mass is 9.77. The van der Waals surface area contributed by atoms with Crippen LogP contribution in [0, 0.1) is 19.3 Å². The molecule has 1 saturated carbocycles. The molecule has 2 heterocycles. The van der Waals surface area contributed by atoms with Gasteiger partial charge in [-0.05, 0) is 49.3 Å². The molecule has 0 radical (unpaired) electrons. The first-order valence-electron chi connectivity index (χ1n) is 11.7. The summed E-state index contributed by atoms with van der Waals surface area (Å²) in [5.74, 6) is -0.870. The quantitative estimate of drug-likeness (QED) is 0.441. The first-order valence-corrected chi connectivity index (χ1v) is 11.7. The Morgan fingerprint density at radius 3 is 2.40 bits per heavy atom. The van der Waals surface area contributed by atoms with E-state index >= 15 is 0 Å². The number of pyridine rings is 2. The highest BCUT2D eigenvalue weighted by atomic mass is 16.3. The highest BCUT2D eigenvalue weighted by Crippen LogP contribution is 2.49. The van der Waals surface area contributed by atoms with Crippen molar-refractivity contribution >= 4 is 23.0 Å². The first kappa shape index (κ1) is 24.4. The molecule has 1 atom stereocenters. The molecule has 3 N–H and O–H groups in total. The van der Waals surface area contributed by atoms with E-state index in [1.165, 1.54) is 17.2 Å². The van der Waals surface area contributed by atoms with Crippen LogP contribution in [0.5, 0.6) is 5.75 Å². The van der Waals surface area contributed by atoms with Crippen LogP contribution in [-0.2, 0) is 0 Å². The minimum Gasteiger partial charge on any atom is -0.504 e. The molecule has 35 heavy (non-hydrogen) atoms. The third-order valence-corrected chi connectivity index (χ3v) is 6.96. The van der Waals surface area contributed by atoms with Crippen LogP contribution in [0.1, 0.15) is 66.0 Å². The van der Waals surface area contributed by atoms with Gasteiger partial charge in [0.2, 0.25) is 0 Å². The summed E-state index contributed by atoms with van der Waals surface area (Å²) in [5.41, 5.74) is 1.64. The number of carbonyl (C=O) groups excluding carboxylic acids is 1. The molecule has 9 nitrogen and oxygen atoms in total. The van der Waals surface area contributed by atoms with Crippen molar-refractivity contribution < 1.29 is 9.90 Å². The number of aromatic nitrogens is 2. The Hall–Kier alpha value is -3.75. The van der Waals surface area contributed by atoms with Crippen molar-refractivity contribution in [3.8, 4) is 5.75 Å². The van der Waals surface area contributed by atoms with Crippen LogP contribution in [-0.4, -0.2) is 40.0 Å². The summed E-state index contributed by atoms with van der Waals surface area (Å²) >= 11 is 0. The van der Waals surface area contributed by atoms with E-state index in [2.05, 4.69) is 28.6 Å². The van der Waals surface area contributed by atoms with Crippen molar-refractivity contribution in [3.05, 3.63) is 67.5 Å². The van der Waals surface area contributed by atoms with E-state index < -0.39 is 16.8 Å². The third-order valence-electron chi connectivity index (χ3n) is 6.96. The van der Waals surface area contributed by atoms with Crippen molar-refractivity contribution in [1.29, 1.82) is 0 Å². The molecule has 0 saturated heterocycles. The molecule has 0 bridgehead atoms. The second-order valence-corrected chi connectivity index (χ2v) is 9.94. The lowest BCUT2D eigenvalue weighted by Gasteiger charge is -2.36. The smallest absolute Gasteiger partial charge is 0.275 e. The number of aromatic hydroxyl groups is 1. The summed E-state index contributed by atoms with van der Waals surface area (Å²) in [4.78, 5) is 47.5. The summed E-state index contributed by atoms with van der Waals surface area (Å²) in [6.07, 6.45) is 7.29. The van der Waals surface area contributed by atoms with Crippen LogP contribution in [0.25, 0.3) is 0 Å².